The van der Waals surface area contributed by atoms with Crippen LogP contribution in [0.5, 0.6) is 0 Å². The van der Waals surface area contributed by atoms with Gasteiger partial charge in [-0.25, -0.2) is 4.98 Å². The summed E-state index contributed by atoms with van der Waals surface area (Å²) >= 11 is 1.47. The maximum Gasteiger partial charge on any atom is 0.202 e. The molecule has 1 aromatic rings. The first-order valence-corrected chi connectivity index (χ1v) is 5.91. The van der Waals surface area contributed by atoms with Gasteiger partial charge in [0.25, 0.3) is 0 Å². The molecule has 0 saturated heterocycles. The Labute approximate surface area is 89.1 Å². The van der Waals surface area contributed by atoms with E-state index in [4.69, 9.17) is 0 Å². The molecule has 1 N–H and O–H groups in total. The van der Waals surface area contributed by atoms with Crippen molar-refractivity contribution in [1.29, 1.82) is 0 Å². The Kier molecular flexibility index (Phi) is 2.47. The van der Waals surface area contributed by atoms with Crippen LogP contribution in [0.1, 0.15) is 39.4 Å². The van der Waals surface area contributed by atoms with E-state index in [1.54, 1.807) is 0 Å². The maximum atomic E-state index is 4.48. The van der Waals surface area contributed by atoms with Crippen molar-refractivity contribution in [2.75, 3.05) is 11.9 Å². The van der Waals surface area contributed by atoms with Crippen LogP contribution >= 0.6 is 11.5 Å². The number of aromatic nitrogens is 2. The number of nitrogens with one attached hydrogen (secondary N) is 1. The summed E-state index contributed by atoms with van der Waals surface area (Å²) in [4.78, 5) is 4.48. The van der Waals surface area contributed by atoms with Gasteiger partial charge < -0.3 is 5.32 Å². The summed E-state index contributed by atoms with van der Waals surface area (Å²) in [6.07, 6.45) is 2.75. The van der Waals surface area contributed by atoms with Crippen molar-refractivity contribution in [2.45, 2.75) is 39.0 Å². The molecule has 0 amide bonds. The van der Waals surface area contributed by atoms with Crippen LogP contribution in [0.2, 0.25) is 0 Å². The first kappa shape index (κ1) is 9.90. The molecule has 4 heteroatoms. The summed E-state index contributed by atoms with van der Waals surface area (Å²) in [6, 6.07) is 0. The van der Waals surface area contributed by atoms with E-state index in [0.717, 1.165) is 23.4 Å². The standard InChI is InChI=1S/C10H17N3S/c1-10(2,3)8-12-9(14-13-8)11-6-7-4-5-7/h7H,4-6H2,1-3H3,(H,11,12,13). The topological polar surface area (TPSA) is 37.8 Å². The quantitative estimate of drug-likeness (QED) is 0.835. The Hall–Kier alpha value is -0.640. The zero-order chi connectivity index (χ0) is 10.2. The fraction of sp³-hybridized carbons (Fsp3) is 0.800. The van der Waals surface area contributed by atoms with Crippen LogP contribution in [0.3, 0.4) is 0 Å². The van der Waals surface area contributed by atoms with Crippen molar-refractivity contribution in [3.8, 4) is 0 Å². The Morgan fingerprint density at radius 1 is 1.43 bits per heavy atom. The highest BCUT2D eigenvalue weighted by Crippen LogP contribution is 2.29. The molecule has 0 bridgehead atoms. The molecular weight excluding hydrogens is 194 g/mol. The molecule has 1 fully saturated rings. The van der Waals surface area contributed by atoms with Crippen LogP contribution < -0.4 is 5.32 Å². The van der Waals surface area contributed by atoms with Gasteiger partial charge in [-0.3, -0.25) is 0 Å². The van der Waals surface area contributed by atoms with Crippen LogP contribution in [-0.4, -0.2) is 15.9 Å². The lowest BCUT2D eigenvalue weighted by atomic mass is 9.96. The minimum Gasteiger partial charge on any atom is -0.360 e. The van der Waals surface area contributed by atoms with E-state index in [1.807, 2.05) is 0 Å². The van der Waals surface area contributed by atoms with Gasteiger partial charge in [-0.2, -0.15) is 4.37 Å². The molecule has 1 aromatic heterocycles. The monoisotopic (exact) mass is 211 g/mol. The molecule has 0 spiro atoms. The van der Waals surface area contributed by atoms with Gasteiger partial charge in [-0.05, 0) is 18.8 Å². The molecule has 3 nitrogen and oxygen atoms in total. The van der Waals surface area contributed by atoms with Gasteiger partial charge >= 0.3 is 0 Å². The number of hydrogen-bond acceptors (Lipinski definition) is 4. The van der Waals surface area contributed by atoms with Crippen molar-refractivity contribution in [3.05, 3.63) is 5.82 Å². The molecule has 0 atom stereocenters. The Morgan fingerprint density at radius 2 is 2.14 bits per heavy atom. The third-order valence-corrected chi connectivity index (χ3v) is 3.01. The highest BCUT2D eigenvalue weighted by molar-refractivity contribution is 7.09. The first-order valence-electron chi connectivity index (χ1n) is 5.14. The number of rotatable bonds is 3. The second-order valence-corrected chi connectivity index (χ2v) is 5.75. The van der Waals surface area contributed by atoms with E-state index >= 15 is 0 Å². The summed E-state index contributed by atoms with van der Waals surface area (Å²) in [5.74, 6) is 1.83. The molecule has 1 saturated carbocycles. The van der Waals surface area contributed by atoms with Crippen LogP contribution in [-0.2, 0) is 5.41 Å². The summed E-state index contributed by atoms with van der Waals surface area (Å²) in [5, 5.41) is 4.32. The van der Waals surface area contributed by atoms with Gasteiger partial charge in [-0.1, -0.05) is 20.8 Å². The summed E-state index contributed by atoms with van der Waals surface area (Å²) < 4.78 is 4.35. The SMILES string of the molecule is CC(C)(C)c1nsc(NCC2CC2)n1. The van der Waals surface area contributed by atoms with Crippen LogP contribution in [0.25, 0.3) is 0 Å². The fourth-order valence-corrected chi connectivity index (χ4v) is 1.92. The lowest BCUT2D eigenvalue weighted by Crippen LogP contribution is -2.13. The van der Waals surface area contributed by atoms with Crippen molar-refractivity contribution in [1.82, 2.24) is 9.36 Å². The summed E-state index contributed by atoms with van der Waals surface area (Å²) in [6.45, 7) is 7.48. The van der Waals surface area contributed by atoms with E-state index in [0.29, 0.717) is 0 Å². The van der Waals surface area contributed by atoms with Gasteiger partial charge in [0, 0.05) is 23.5 Å². The lowest BCUT2D eigenvalue weighted by molar-refractivity contribution is 0.555. The van der Waals surface area contributed by atoms with Gasteiger partial charge in [0.2, 0.25) is 5.13 Å². The highest BCUT2D eigenvalue weighted by atomic mass is 32.1. The second-order valence-electron chi connectivity index (χ2n) is 5.00. The van der Waals surface area contributed by atoms with E-state index in [9.17, 15) is 0 Å². The molecule has 0 radical (unpaired) electrons. The molecule has 1 heterocycles. The van der Waals surface area contributed by atoms with Gasteiger partial charge in [-0.15, -0.1) is 0 Å². The molecule has 0 aromatic carbocycles. The van der Waals surface area contributed by atoms with Crippen LogP contribution in [0.15, 0.2) is 0 Å². The predicted octanol–water partition coefficient (Wildman–Crippen LogP) is 2.66. The van der Waals surface area contributed by atoms with Gasteiger partial charge in [0.15, 0.2) is 0 Å². The number of hydrogen-bond donors (Lipinski definition) is 1. The van der Waals surface area contributed by atoms with Gasteiger partial charge in [0.05, 0.1) is 0 Å². The number of nitrogens with zero attached hydrogens (tertiary/aromatic N) is 2. The molecule has 0 aliphatic heterocycles. The molecule has 78 valence electrons. The zero-order valence-corrected chi connectivity index (χ0v) is 9.82. The summed E-state index contributed by atoms with van der Waals surface area (Å²) in [7, 11) is 0. The largest absolute Gasteiger partial charge is 0.360 e. The molecule has 1 aliphatic carbocycles. The molecule has 14 heavy (non-hydrogen) atoms. The van der Waals surface area contributed by atoms with Crippen molar-refractivity contribution < 1.29 is 0 Å². The molecule has 0 unspecified atom stereocenters. The third kappa shape index (κ3) is 2.44. The van der Waals surface area contributed by atoms with Gasteiger partial charge in [0.1, 0.15) is 5.82 Å². The average Bonchev–Trinajstić information content (AvgIpc) is 2.77. The summed E-state index contributed by atoms with van der Waals surface area (Å²) in [5.41, 5.74) is 0.0655. The smallest absolute Gasteiger partial charge is 0.202 e. The second kappa shape index (κ2) is 3.50. The lowest BCUT2D eigenvalue weighted by Gasteiger charge is -2.12. The Balaban J connectivity index is 1.94. The number of anilines is 1. The minimum absolute atomic E-state index is 0.0655. The molecule has 1 aliphatic rings. The van der Waals surface area contributed by atoms with Crippen molar-refractivity contribution >= 4 is 16.7 Å². The first-order chi connectivity index (χ1) is 6.55. The maximum absolute atomic E-state index is 4.48. The third-order valence-electron chi connectivity index (χ3n) is 2.34. The van der Waals surface area contributed by atoms with Crippen molar-refractivity contribution in [2.24, 2.45) is 5.92 Å². The molecule has 2 rings (SSSR count). The van der Waals surface area contributed by atoms with E-state index in [1.165, 1.54) is 24.4 Å². The van der Waals surface area contributed by atoms with E-state index < -0.39 is 0 Å². The Bertz CT molecular complexity index is 309. The van der Waals surface area contributed by atoms with E-state index in [-0.39, 0.29) is 5.41 Å². The van der Waals surface area contributed by atoms with E-state index in [2.05, 4.69) is 35.4 Å². The fourth-order valence-electron chi connectivity index (χ4n) is 1.15. The zero-order valence-electron chi connectivity index (χ0n) is 9.00. The minimum atomic E-state index is 0.0655. The molecular formula is C10H17N3S. The van der Waals surface area contributed by atoms with Crippen LogP contribution in [0.4, 0.5) is 5.13 Å². The average molecular weight is 211 g/mol. The predicted molar refractivity (Wildman–Crippen MR) is 59.8 cm³/mol. The van der Waals surface area contributed by atoms with Crippen LogP contribution in [0, 0.1) is 5.92 Å². The highest BCUT2D eigenvalue weighted by Gasteiger charge is 2.22. The Morgan fingerprint density at radius 3 is 2.64 bits per heavy atom. The van der Waals surface area contributed by atoms with Crippen molar-refractivity contribution in [3.63, 3.8) is 0 Å². The normalized spacial score (nSPS) is 17.1.